The lowest BCUT2D eigenvalue weighted by Crippen LogP contribution is -2.49. The van der Waals surface area contributed by atoms with Gasteiger partial charge in [0.2, 0.25) is 5.91 Å². The molecule has 5 rings (SSSR count). The van der Waals surface area contributed by atoms with Crippen molar-refractivity contribution >= 4 is 39.0 Å². The van der Waals surface area contributed by atoms with Gasteiger partial charge in [-0.05, 0) is 50.1 Å². The summed E-state index contributed by atoms with van der Waals surface area (Å²) in [5, 5.41) is 0.988. The summed E-state index contributed by atoms with van der Waals surface area (Å²) in [7, 11) is 0. The fourth-order valence-corrected chi connectivity index (χ4v) is 7.08. The largest absolute Gasteiger partial charge is 0.379 e. The van der Waals surface area contributed by atoms with Crippen LogP contribution in [0.4, 0.5) is 11.5 Å². The second kappa shape index (κ2) is 25.2. The predicted molar refractivity (Wildman–Crippen MR) is 210 cm³/mol. The molecule has 54 heavy (non-hydrogen) atoms. The van der Waals surface area contributed by atoms with Crippen molar-refractivity contribution in [3.05, 3.63) is 36.5 Å². The van der Waals surface area contributed by atoms with Gasteiger partial charge in [0.25, 0.3) is 0 Å². The number of fused-ring (bicyclic) bond motifs is 1. The minimum absolute atomic E-state index is 0.129. The van der Waals surface area contributed by atoms with Gasteiger partial charge < -0.3 is 52.6 Å². The van der Waals surface area contributed by atoms with E-state index in [1.807, 2.05) is 18.0 Å². The maximum atomic E-state index is 12.8. The molecule has 1 aromatic carbocycles. The van der Waals surface area contributed by atoms with Gasteiger partial charge in [0, 0.05) is 63.3 Å². The minimum atomic E-state index is 0.129. The van der Waals surface area contributed by atoms with E-state index >= 15 is 0 Å². The summed E-state index contributed by atoms with van der Waals surface area (Å²) in [5.41, 5.74) is 3.22. The van der Waals surface area contributed by atoms with Gasteiger partial charge in [-0.2, -0.15) is 0 Å². The molecule has 1 amide bonds. The third kappa shape index (κ3) is 14.9. The summed E-state index contributed by atoms with van der Waals surface area (Å²) < 4.78 is 44.9. The van der Waals surface area contributed by atoms with E-state index < -0.39 is 0 Å². The molecule has 0 spiro atoms. The Morgan fingerprint density at radius 1 is 0.630 bits per heavy atom. The number of aromatic nitrogens is 2. The van der Waals surface area contributed by atoms with E-state index in [1.165, 1.54) is 18.5 Å². The van der Waals surface area contributed by atoms with Crippen LogP contribution in [0.25, 0.3) is 20.8 Å². The Labute approximate surface area is 323 Å². The second-order valence-electron chi connectivity index (χ2n) is 12.9. The molecule has 3 aromatic rings. The molecule has 300 valence electrons. The molecular weight excluding hydrogens is 715 g/mol. The lowest BCUT2D eigenvalue weighted by atomic mass is 10.2. The minimum Gasteiger partial charge on any atom is -0.379 e. The van der Waals surface area contributed by atoms with Crippen LogP contribution in [-0.4, -0.2) is 166 Å². The van der Waals surface area contributed by atoms with Crippen LogP contribution in [-0.2, 0) is 42.7 Å². The average molecular weight is 774 g/mol. The van der Waals surface area contributed by atoms with E-state index in [9.17, 15) is 4.79 Å². The number of pyridine rings is 1. The smallest absolute Gasteiger partial charge is 0.225 e. The molecule has 15 heteroatoms. The summed E-state index contributed by atoms with van der Waals surface area (Å²) in [4.78, 5) is 29.0. The zero-order valence-corrected chi connectivity index (χ0v) is 32.8. The van der Waals surface area contributed by atoms with Crippen molar-refractivity contribution in [1.82, 2.24) is 14.9 Å². The molecule has 2 aromatic heterocycles. The molecular formula is C39H59N5O9S. The fourth-order valence-electron chi connectivity index (χ4n) is 6.09. The summed E-state index contributed by atoms with van der Waals surface area (Å²) in [6, 6.07) is 10.7. The molecule has 2 aliphatic heterocycles. The Morgan fingerprint density at radius 2 is 1.17 bits per heavy atom. The van der Waals surface area contributed by atoms with Crippen LogP contribution in [0.1, 0.15) is 26.2 Å². The highest BCUT2D eigenvalue weighted by Gasteiger charge is 2.22. The van der Waals surface area contributed by atoms with Crippen LogP contribution in [0.5, 0.6) is 0 Å². The zero-order valence-electron chi connectivity index (χ0n) is 32.0. The highest BCUT2D eigenvalue weighted by Crippen LogP contribution is 2.33. The molecule has 14 nitrogen and oxygen atoms in total. The lowest BCUT2D eigenvalue weighted by molar-refractivity contribution is -0.132. The number of carbonyl (C=O) groups excluding carboxylic acids is 1. The number of ether oxygens (including phenoxy) is 8. The molecule has 0 saturated carbocycles. The molecule has 2 saturated heterocycles. The Balaban J connectivity index is 0.816. The predicted octanol–water partition coefficient (Wildman–Crippen LogP) is 4.15. The first-order chi connectivity index (χ1) is 26.7. The number of anilines is 2. The molecule has 4 heterocycles. The van der Waals surface area contributed by atoms with Crippen molar-refractivity contribution in [2.45, 2.75) is 26.2 Å². The first-order valence-electron chi connectivity index (χ1n) is 19.5. The fraction of sp³-hybridized carbons (Fsp3) is 0.667. The van der Waals surface area contributed by atoms with Crippen LogP contribution in [0, 0.1) is 0 Å². The van der Waals surface area contributed by atoms with Crippen molar-refractivity contribution in [3.63, 3.8) is 0 Å². The Morgan fingerprint density at radius 3 is 1.69 bits per heavy atom. The average Bonchev–Trinajstić information content (AvgIpc) is 3.91. The Kier molecular flexibility index (Phi) is 19.7. The number of hydrogen-bond acceptors (Lipinski definition) is 14. The number of carbonyl (C=O) groups is 1. The van der Waals surface area contributed by atoms with Crippen molar-refractivity contribution < 1.29 is 42.7 Å². The highest BCUT2D eigenvalue weighted by molar-refractivity contribution is 7.21. The second-order valence-corrected chi connectivity index (χ2v) is 13.9. The van der Waals surface area contributed by atoms with Gasteiger partial charge in [0.15, 0.2) is 0 Å². The highest BCUT2D eigenvalue weighted by atomic mass is 32.1. The number of hydrogen-bond donors (Lipinski definition) is 0. The Bertz CT molecular complexity index is 1450. The van der Waals surface area contributed by atoms with Gasteiger partial charge in [0.05, 0.1) is 116 Å². The third-order valence-corrected chi connectivity index (χ3v) is 10.1. The van der Waals surface area contributed by atoms with E-state index in [0.29, 0.717) is 125 Å². The first kappa shape index (κ1) is 42.2. The SMILES string of the molecule is CCOCCOCCOCCOCCOCCOCCOCCOCCC(=O)N1CCN(c2ccc3nc(-c4ccc(N5CCCC5)nc4)sc3c2)CC1. The quantitative estimate of drug-likeness (QED) is 0.0983. The standard InChI is InChI=1S/C39H59N5O9S/c1-2-46-17-18-48-21-22-50-25-26-52-29-30-53-28-27-51-24-23-49-20-19-47-16-9-38(45)44-14-12-42(13-15-44)34-6-7-35-36(31-34)54-39(41-35)33-5-8-37(40-32-33)43-10-3-4-11-43/h5-8,31-32H,2-4,9-30H2,1H3. The van der Waals surface area contributed by atoms with Gasteiger partial charge in [0.1, 0.15) is 10.8 Å². The number of benzene rings is 1. The van der Waals surface area contributed by atoms with Crippen LogP contribution in [0.3, 0.4) is 0 Å². The molecule has 0 aliphatic carbocycles. The van der Waals surface area contributed by atoms with E-state index in [4.69, 9.17) is 47.9 Å². The normalized spacial score (nSPS) is 14.9. The summed E-state index contributed by atoms with van der Waals surface area (Å²) in [5.74, 6) is 1.18. The number of nitrogens with zero attached hydrogens (tertiary/aromatic N) is 5. The summed E-state index contributed by atoms with van der Waals surface area (Å²) in [6.07, 6.45) is 4.80. The maximum absolute atomic E-state index is 12.8. The van der Waals surface area contributed by atoms with Crippen LogP contribution in [0.15, 0.2) is 36.5 Å². The monoisotopic (exact) mass is 773 g/mol. The van der Waals surface area contributed by atoms with Crippen molar-refractivity contribution in [2.75, 3.05) is 155 Å². The molecule has 0 unspecified atom stereocenters. The third-order valence-electron chi connectivity index (χ3n) is 9.06. The molecule has 2 aliphatic rings. The summed E-state index contributed by atoms with van der Waals surface area (Å²) >= 11 is 1.70. The van der Waals surface area contributed by atoms with E-state index in [2.05, 4.69) is 40.1 Å². The molecule has 0 radical (unpaired) electrons. The maximum Gasteiger partial charge on any atom is 0.225 e. The lowest BCUT2D eigenvalue weighted by Gasteiger charge is -2.36. The van der Waals surface area contributed by atoms with Gasteiger partial charge in [-0.15, -0.1) is 11.3 Å². The topological polar surface area (TPSA) is 126 Å². The van der Waals surface area contributed by atoms with Crippen LogP contribution < -0.4 is 9.80 Å². The number of piperazine rings is 1. The first-order valence-corrected chi connectivity index (χ1v) is 20.3. The van der Waals surface area contributed by atoms with Crippen molar-refractivity contribution in [3.8, 4) is 10.6 Å². The molecule has 0 atom stereocenters. The van der Waals surface area contributed by atoms with E-state index in [-0.39, 0.29) is 5.91 Å². The van der Waals surface area contributed by atoms with Crippen molar-refractivity contribution in [1.29, 1.82) is 0 Å². The van der Waals surface area contributed by atoms with Gasteiger partial charge in [-0.3, -0.25) is 4.79 Å². The molecule has 0 bridgehead atoms. The molecule has 2 fully saturated rings. The zero-order chi connectivity index (χ0) is 37.5. The van der Waals surface area contributed by atoms with E-state index in [0.717, 1.165) is 52.8 Å². The molecule has 0 N–H and O–H groups in total. The van der Waals surface area contributed by atoms with Crippen molar-refractivity contribution in [2.24, 2.45) is 0 Å². The van der Waals surface area contributed by atoms with E-state index in [1.54, 1.807) is 11.3 Å². The van der Waals surface area contributed by atoms with Crippen LogP contribution >= 0.6 is 11.3 Å². The van der Waals surface area contributed by atoms with Crippen LogP contribution in [0.2, 0.25) is 0 Å². The van der Waals surface area contributed by atoms with Gasteiger partial charge in [-0.1, -0.05) is 0 Å². The summed E-state index contributed by atoms with van der Waals surface area (Å²) in [6.45, 7) is 15.5. The van der Waals surface area contributed by atoms with Gasteiger partial charge >= 0.3 is 0 Å². The Hall–Kier alpha value is -2.99. The number of amides is 1. The number of thiazole rings is 1. The van der Waals surface area contributed by atoms with Gasteiger partial charge in [-0.25, -0.2) is 9.97 Å². The number of rotatable bonds is 28.